The summed E-state index contributed by atoms with van der Waals surface area (Å²) in [6.45, 7) is 0. The van der Waals surface area contributed by atoms with Crippen LogP contribution in [0.3, 0.4) is 0 Å². The average molecular weight is 130 g/mol. The maximum absolute atomic E-state index is 2.24. The van der Waals surface area contributed by atoms with Gasteiger partial charge in [-0.15, -0.1) is 0 Å². The molecule has 1 fully saturated rings. The topological polar surface area (TPSA) is 3.24 Å². The fourth-order valence-electron chi connectivity index (χ4n) is 0.805. The Hall–Kier alpha value is 0.310. The van der Waals surface area contributed by atoms with E-state index < -0.39 is 0 Å². The van der Waals surface area contributed by atoms with E-state index in [-0.39, 0.29) is 0 Å². The maximum Gasteiger partial charge on any atom is 0.0493 e. The van der Waals surface area contributed by atoms with Crippen LogP contribution < -0.4 is 0 Å². The molecule has 0 aliphatic carbocycles. The fraction of sp³-hybridized carbons (Fsp3) is 0.833. The van der Waals surface area contributed by atoms with Crippen molar-refractivity contribution in [3.8, 4) is 0 Å². The molecule has 0 aromatic carbocycles. The van der Waals surface area contributed by atoms with Crippen molar-refractivity contribution in [3.05, 3.63) is 6.04 Å². The predicted octanol–water partition coefficient (Wildman–Crippen LogP) is 1.22. The minimum absolute atomic E-state index is 1.26. The second kappa shape index (κ2) is 2.74. The van der Waals surface area contributed by atoms with Gasteiger partial charge in [0.1, 0.15) is 0 Å². The lowest BCUT2D eigenvalue weighted by Gasteiger charge is -2.15. The Bertz CT molecular complexity index is 66.9. The largest absolute Gasteiger partial charge is 0.301 e. The zero-order valence-electron chi connectivity index (χ0n) is 5.48. The third kappa shape index (κ3) is 1.39. The van der Waals surface area contributed by atoms with Gasteiger partial charge < -0.3 is 4.90 Å². The summed E-state index contributed by atoms with van der Waals surface area (Å²) in [5.41, 5.74) is 0. The molecule has 2 heteroatoms. The lowest BCUT2D eigenvalue weighted by Crippen LogP contribution is -2.18. The molecule has 1 heterocycles. The van der Waals surface area contributed by atoms with Gasteiger partial charge >= 0.3 is 0 Å². The number of hydrogen-bond donors (Lipinski definition) is 0. The van der Waals surface area contributed by atoms with E-state index >= 15 is 0 Å². The minimum atomic E-state index is 1.26. The van der Waals surface area contributed by atoms with E-state index in [2.05, 4.69) is 19.0 Å². The summed E-state index contributed by atoms with van der Waals surface area (Å²) < 4.78 is 0. The fourth-order valence-corrected chi connectivity index (χ4v) is 1.97. The molecular weight excluding hydrogens is 118 g/mol. The van der Waals surface area contributed by atoms with Crippen molar-refractivity contribution < 1.29 is 0 Å². The molecular formula is C6H12NS. The first-order chi connectivity index (χ1) is 3.80. The highest BCUT2D eigenvalue weighted by Crippen LogP contribution is 2.26. The van der Waals surface area contributed by atoms with Crippen molar-refractivity contribution in [2.75, 3.05) is 25.6 Å². The van der Waals surface area contributed by atoms with Crippen LogP contribution >= 0.6 is 11.8 Å². The van der Waals surface area contributed by atoms with Crippen LogP contribution in [0.25, 0.3) is 0 Å². The van der Waals surface area contributed by atoms with Crippen molar-refractivity contribution in [3.63, 3.8) is 0 Å². The second-order valence-corrected chi connectivity index (χ2v) is 3.37. The molecule has 0 unspecified atom stereocenters. The van der Waals surface area contributed by atoms with E-state index in [4.69, 9.17) is 0 Å². The summed E-state index contributed by atoms with van der Waals surface area (Å²) in [7, 11) is 4.25. The summed E-state index contributed by atoms with van der Waals surface area (Å²) in [5.74, 6) is 2.58. The van der Waals surface area contributed by atoms with Crippen molar-refractivity contribution in [1.82, 2.24) is 4.90 Å². The summed E-state index contributed by atoms with van der Waals surface area (Å²) in [5, 5.41) is 0. The molecule has 0 atom stereocenters. The van der Waals surface area contributed by atoms with Gasteiger partial charge in [0.25, 0.3) is 0 Å². The molecule has 0 spiro atoms. The van der Waals surface area contributed by atoms with Crippen LogP contribution in [0.4, 0.5) is 0 Å². The number of nitrogens with zero attached hydrogens (tertiary/aromatic N) is 1. The van der Waals surface area contributed by atoms with Gasteiger partial charge in [-0.2, -0.15) is 11.8 Å². The lowest BCUT2D eigenvalue weighted by atomic mass is 10.2. The first-order valence-electron chi connectivity index (χ1n) is 2.90. The summed E-state index contributed by atoms with van der Waals surface area (Å²) in [6.07, 6.45) is 1.30. The van der Waals surface area contributed by atoms with Gasteiger partial charge in [0.2, 0.25) is 0 Å². The highest BCUT2D eigenvalue weighted by Gasteiger charge is 2.17. The van der Waals surface area contributed by atoms with Crippen LogP contribution in [0.1, 0.15) is 6.42 Å². The molecule has 0 amide bonds. The van der Waals surface area contributed by atoms with Crippen LogP contribution in [0.5, 0.6) is 0 Å². The van der Waals surface area contributed by atoms with Gasteiger partial charge in [0, 0.05) is 11.8 Å². The van der Waals surface area contributed by atoms with Crippen molar-refractivity contribution in [2.45, 2.75) is 6.42 Å². The van der Waals surface area contributed by atoms with Crippen molar-refractivity contribution in [2.24, 2.45) is 0 Å². The Balaban J connectivity index is 2.24. The van der Waals surface area contributed by atoms with Gasteiger partial charge in [-0.3, -0.25) is 0 Å². The summed E-state index contributed by atoms with van der Waals surface area (Å²) in [6, 6.07) is 1.59. The Kier molecular flexibility index (Phi) is 2.20. The number of hydrogen-bond acceptors (Lipinski definition) is 2. The van der Waals surface area contributed by atoms with Crippen LogP contribution in [-0.2, 0) is 0 Å². The third-order valence-corrected chi connectivity index (χ3v) is 2.47. The van der Waals surface area contributed by atoms with E-state index in [9.17, 15) is 0 Å². The molecule has 1 radical (unpaired) electrons. The zero-order valence-corrected chi connectivity index (χ0v) is 6.29. The van der Waals surface area contributed by atoms with E-state index in [0.717, 1.165) is 0 Å². The first-order valence-corrected chi connectivity index (χ1v) is 4.06. The zero-order chi connectivity index (χ0) is 5.98. The molecule has 0 N–H and O–H groups in total. The maximum atomic E-state index is 2.24. The van der Waals surface area contributed by atoms with E-state index in [1.807, 2.05) is 11.8 Å². The Morgan fingerprint density at radius 1 is 1.50 bits per heavy atom. The molecule has 1 aliphatic heterocycles. The Morgan fingerprint density at radius 3 is 2.50 bits per heavy atom. The predicted molar refractivity (Wildman–Crippen MR) is 38.9 cm³/mol. The molecule has 1 saturated heterocycles. The van der Waals surface area contributed by atoms with Gasteiger partial charge in [0.15, 0.2) is 0 Å². The number of rotatable bonds is 1. The third-order valence-electron chi connectivity index (χ3n) is 1.44. The van der Waals surface area contributed by atoms with Gasteiger partial charge in [-0.25, -0.2) is 0 Å². The molecule has 0 bridgehead atoms. The molecule has 0 aromatic heterocycles. The highest BCUT2D eigenvalue weighted by atomic mass is 32.2. The van der Waals surface area contributed by atoms with Crippen molar-refractivity contribution >= 4 is 11.8 Å². The van der Waals surface area contributed by atoms with E-state index in [1.165, 1.54) is 17.9 Å². The summed E-state index contributed by atoms with van der Waals surface area (Å²) in [4.78, 5) is 2.24. The smallest absolute Gasteiger partial charge is 0.0493 e. The quantitative estimate of drug-likeness (QED) is 0.525. The van der Waals surface area contributed by atoms with Crippen LogP contribution in [0, 0.1) is 6.04 Å². The van der Waals surface area contributed by atoms with Crippen molar-refractivity contribution in [1.29, 1.82) is 0 Å². The molecule has 8 heavy (non-hydrogen) atoms. The molecule has 0 saturated carbocycles. The summed E-state index contributed by atoms with van der Waals surface area (Å²) >= 11 is 2.03. The first kappa shape index (κ1) is 6.43. The van der Waals surface area contributed by atoms with Gasteiger partial charge in [0.05, 0.1) is 0 Å². The molecule has 1 rings (SSSR count). The normalized spacial score (nSPS) is 22.9. The van der Waals surface area contributed by atoms with Crippen LogP contribution in [-0.4, -0.2) is 30.5 Å². The molecule has 0 aromatic rings. The van der Waals surface area contributed by atoms with Gasteiger partial charge in [-0.1, -0.05) is 0 Å². The SMILES string of the molecule is CN(C)[C]1CCSC1. The standard InChI is InChI=1S/C6H12NS/c1-7(2)6-3-4-8-5-6/h3-5H2,1-2H3. The van der Waals surface area contributed by atoms with Crippen LogP contribution in [0.2, 0.25) is 0 Å². The monoisotopic (exact) mass is 130 g/mol. The molecule has 1 nitrogen and oxygen atoms in total. The Labute approximate surface area is 55.4 Å². The molecule has 47 valence electrons. The van der Waals surface area contributed by atoms with Gasteiger partial charge in [-0.05, 0) is 26.3 Å². The number of thioether (sulfide) groups is 1. The lowest BCUT2D eigenvalue weighted by molar-refractivity contribution is 0.422. The molecule has 1 aliphatic rings. The Morgan fingerprint density at radius 2 is 2.25 bits per heavy atom. The highest BCUT2D eigenvalue weighted by molar-refractivity contribution is 7.99. The van der Waals surface area contributed by atoms with Crippen LogP contribution in [0.15, 0.2) is 0 Å². The van der Waals surface area contributed by atoms with E-state index in [1.54, 1.807) is 6.04 Å². The van der Waals surface area contributed by atoms with E-state index in [0.29, 0.717) is 0 Å². The second-order valence-electron chi connectivity index (χ2n) is 2.26. The average Bonchev–Trinajstić information content (AvgIpc) is 2.12. The minimum Gasteiger partial charge on any atom is -0.301 e.